The average molecular weight is 400 g/mol. The largest absolute Gasteiger partial charge is 0.453 e. The number of carbonyl (C=O) groups excluding carboxylic acids is 1. The van der Waals surface area contributed by atoms with Crippen LogP contribution in [0.4, 0.5) is 5.13 Å². The normalized spacial score (nSPS) is 12.4. The van der Waals surface area contributed by atoms with Crippen LogP contribution in [0.1, 0.15) is 13.3 Å². The first kappa shape index (κ1) is 17.7. The van der Waals surface area contributed by atoms with E-state index in [2.05, 4.69) is 20.5 Å². The number of rotatable bonds is 6. The van der Waals surface area contributed by atoms with Gasteiger partial charge in [0.1, 0.15) is 5.58 Å². The topological polar surface area (TPSA) is 85.8 Å². The lowest BCUT2D eigenvalue weighted by atomic mass is 10.2. The van der Waals surface area contributed by atoms with Crippen molar-refractivity contribution in [1.29, 1.82) is 0 Å². The molecule has 7 nitrogen and oxygen atoms in total. The predicted molar refractivity (Wildman–Crippen MR) is 107 cm³/mol. The van der Waals surface area contributed by atoms with Crippen LogP contribution in [0.2, 0.25) is 0 Å². The van der Waals surface area contributed by atoms with E-state index in [1.807, 2.05) is 54.3 Å². The molecule has 0 aliphatic rings. The van der Waals surface area contributed by atoms with E-state index in [1.54, 1.807) is 6.20 Å². The van der Waals surface area contributed by atoms with Gasteiger partial charge in [-0.2, -0.15) is 0 Å². The Morgan fingerprint density at radius 2 is 2.22 bits per heavy atom. The molecule has 1 atom stereocenters. The summed E-state index contributed by atoms with van der Waals surface area (Å²) in [6.07, 6.45) is 2.32. The minimum Gasteiger partial charge on any atom is -0.453 e. The summed E-state index contributed by atoms with van der Waals surface area (Å²) in [5, 5.41) is 15.2. The van der Waals surface area contributed by atoms with Crippen LogP contribution in [0.25, 0.3) is 22.6 Å². The SMILES string of the molecule is CCC(Sc1nnc(-c2cc3ccccc3o2)n1C)C(=O)Nc1nccs1. The molecule has 1 aromatic carbocycles. The lowest BCUT2D eigenvalue weighted by molar-refractivity contribution is -0.115. The number of thioether (sulfide) groups is 1. The van der Waals surface area contributed by atoms with Crippen molar-refractivity contribution in [3.63, 3.8) is 0 Å². The highest BCUT2D eigenvalue weighted by Crippen LogP contribution is 2.30. The van der Waals surface area contributed by atoms with Crippen molar-refractivity contribution in [3.05, 3.63) is 41.9 Å². The first-order valence-corrected chi connectivity index (χ1v) is 10.2. The summed E-state index contributed by atoms with van der Waals surface area (Å²) in [5.41, 5.74) is 0.805. The fraction of sp³-hybridized carbons (Fsp3) is 0.222. The zero-order valence-electron chi connectivity index (χ0n) is 14.7. The summed E-state index contributed by atoms with van der Waals surface area (Å²) < 4.78 is 7.73. The van der Waals surface area contributed by atoms with E-state index in [9.17, 15) is 4.79 Å². The van der Waals surface area contributed by atoms with E-state index in [4.69, 9.17) is 4.42 Å². The number of furan rings is 1. The molecule has 3 heterocycles. The highest BCUT2D eigenvalue weighted by Gasteiger charge is 2.23. The maximum absolute atomic E-state index is 12.5. The van der Waals surface area contributed by atoms with Crippen molar-refractivity contribution in [1.82, 2.24) is 19.7 Å². The number of thiazole rings is 1. The van der Waals surface area contributed by atoms with Gasteiger partial charge in [0, 0.05) is 24.0 Å². The van der Waals surface area contributed by atoms with Gasteiger partial charge in [0.25, 0.3) is 0 Å². The van der Waals surface area contributed by atoms with Gasteiger partial charge < -0.3 is 14.3 Å². The Kier molecular flexibility index (Phi) is 4.95. The quantitative estimate of drug-likeness (QED) is 0.489. The third-order valence-corrected chi connectivity index (χ3v) is 6.14. The lowest BCUT2D eigenvalue weighted by Gasteiger charge is -2.12. The second-order valence-electron chi connectivity index (χ2n) is 5.85. The number of carbonyl (C=O) groups is 1. The summed E-state index contributed by atoms with van der Waals surface area (Å²) in [5.74, 6) is 1.19. The number of nitrogens with zero attached hydrogens (tertiary/aromatic N) is 4. The van der Waals surface area contributed by atoms with Gasteiger partial charge in [0.05, 0.1) is 5.25 Å². The summed E-state index contributed by atoms with van der Waals surface area (Å²) in [6.45, 7) is 1.97. The standard InChI is InChI=1S/C18H17N5O2S2/c1-3-14(16(24)20-17-19-8-9-26-17)27-18-22-21-15(23(18)2)13-10-11-6-4-5-7-12(11)25-13/h4-10,14H,3H2,1-2H3,(H,19,20,24). The zero-order valence-corrected chi connectivity index (χ0v) is 16.4. The Morgan fingerprint density at radius 1 is 1.37 bits per heavy atom. The summed E-state index contributed by atoms with van der Waals surface area (Å²) in [7, 11) is 1.87. The molecule has 0 fully saturated rings. The molecule has 27 heavy (non-hydrogen) atoms. The molecule has 1 amide bonds. The van der Waals surface area contributed by atoms with Crippen LogP contribution < -0.4 is 5.32 Å². The molecule has 0 aliphatic carbocycles. The second kappa shape index (κ2) is 7.53. The van der Waals surface area contributed by atoms with Crippen molar-refractivity contribution in [2.45, 2.75) is 23.8 Å². The van der Waals surface area contributed by atoms with E-state index >= 15 is 0 Å². The lowest BCUT2D eigenvalue weighted by Crippen LogP contribution is -2.24. The van der Waals surface area contributed by atoms with Crippen LogP contribution in [-0.2, 0) is 11.8 Å². The molecule has 138 valence electrons. The van der Waals surface area contributed by atoms with Gasteiger partial charge in [-0.05, 0) is 18.6 Å². The van der Waals surface area contributed by atoms with Gasteiger partial charge in [-0.1, -0.05) is 36.9 Å². The van der Waals surface area contributed by atoms with Crippen LogP contribution in [0.5, 0.6) is 0 Å². The van der Waals surface area contributed by atoms with E-state index in [-0.39, 0.29) is 11.2 Å². The molecule has 0 radical (unpaired) electrons. The van der Waals surface area contributed by atoms with Crippen LogP contribution in [0.3, 0.4) is 0 Å². The number of aromatic nitrogens is 4. The maximum atomic E-state index is 12.5. The molecular formula is C18H17N5O2S2. The molecule has 1 unspecified atom stereocenters. The molecule has 0 aliphatic heterocycles. The number of fused-ring (bicyclic) bond motifs is 1. The van der Waals surface area contributed by atoms with Crippen LogP contribution in [0.15, 0.2) is 51.5 Å². The van der Waals surface area contributed by atoms with E-state index in [0.717, 1.165) is 11.0 Å². The summed E-state index contributed by atoms with van der Waals surface area (Å²) in [6, 6.07) is 9.75. The Balaban J connectivity index is 1.55. The number of anilines is 1. The van der Waals surface area contributed by atoms with Gasteiger partial charge in [-0.15, -0.1) is 21.5 Å². The van der Waals surface area contributed by atoms with Crippen LogP contribution in [-0.4, -0.2) is 30.9 Å². The van der Waals surface area contributed by atoms with Gasteiger partial charge in [-0.3, -0.25) is 4.79 Å². The highest BCUT2D eigenvalue weighted by atomic mass is 32.2. The molecule has 0 spiro atoms. The number of hydrogen-bond acceptors (Lipinski definition) is 7. The molecule has 4 rings (SSSR count). The zero-order chi connectivity index (χ0) is 18.8. The van der Waals surface area contributed by atoms with Crippen LogP contribution in [0, 0.1) is 0 Å². The molecule has 0 saturated heterocycles. The maximum Gasteiger partial charge on any atom is 0.239 e. The molecule has 0 bridgehead atoms. The van der Waals surface area contributed by atoms with Gasteiger partial charge in [0.2, 0.25) is 5.91 Å². The van der Waals surface area contributed by atoms with Crippen molar-refractivity contribution >= 4 is 45.1 Å². The number of benzene rings is 1. The molecular weight excluding hydrogens is 382 g/mol. The van der Waals surface area contributed by atoms with E-state index < -0.39 is 0 Å². The minimum absolute atomic E-state index is 0.0919. The molecule has 0 saturated carbocycles. The van der Waals surface area contributed by atoms with Gasteiger partial charge >= 0.3 is 0 Å². The Bertz CT molecular complexity index is 1040. The van der Waals surface area contributed by atoms with Crippen LogP contribution >= 0.6 is 23.1 Å². The van der Waals surface area contributed by atoms with Crippen molar-refractivity contribution in [2.75, 3.05) is 5.32 Å². The Hall–Kier alpha value is -2.65. The number of hydrogen-bond donors (Lipinski definition) is 1. The predicted octanol–water partition coefficient (Wildman–Crippen LogP) is 4.19. The van der Waals surface area contributed by atoms with Gasteiger partial charge in [0.15, 0.2) is 21.9 Å². The Labute approximate surface area is 163 Å². The summed E-state index contributed by atoms with van der Waals surface area (Å²) >= 11 is 2.77. The minimum atomic E-state index is -0.291. The highest BCUT2D eigenvalue weighted by molar-refractivity contribution is 8.00. The molecule has 4 aromatic rings. The van der Waals surface area contributed by atoms with E-state index in [1.165, 1.54) is 23.1 Å². The number of nitrogens with one attached hydrogen (secondary N) is 1. The smallest absolute Gasteiger partial charge is 0.239 e. The first-order valence-electron chi connectivity index (χ1n) is 8.41. The van der Waals surface area contributed by atoms with Crippen molar-refractivity contribution < 1.29 is 9.21 Å². The van der Waals surface area contributed by atoms with Gasteiger partial charge in [-0.25, -0.2) is 4.98 Å². The molecule has 1 N–H and O–H groups in total. The third kappa shape index (κ3) is 3.60. The summed E-state index contributed by atoms with van der Waals surface area (Å²) in [4.78, 5) is 16.6. The number of amides is 1. The van der Waals surface area contributed by atoms with E-state index in [0.29, 0.717) is 28.3 Å². The fourth-order valence-corrected chi connectivity index (χ4v) is 4.10. The second-order valence-corrected chi connectivity index (χ2v) is 7.92. The molecule has 9 heteroatoms. The number of para-hydroxylation sites is 1. The Morgan fingerprint density at radius 3 is 2.96 bits per heavy atom. The third-order valence-electron chi connectivity index (χ3n) is 4.05. The average Bonchev–Trinajstić information content (AvgIpc) is 3.39. The van der Waals surface area contributed by atoms with Crippen molar-refractivity contribution in [2.24, 2.45) is 7.05 Å². The van der Waals surface area contributed by atoms with Crippen molar-refractivity contribution in [3.8, 4) is 11.6 Å². The molecule has 3 aromatic heterocycles. The monoisotopic (exact) mass is 399 g/mol. The fourth-order valence-electron chi connectivity index (χ4n) is 2.64. The first-order chi connectivity index (χ1) is 13.2.